The molecular formula is C12H16ClF6O3PS. The monoisotopic (exact) mass is 420 g/mol. The molecule has 0 fully saturated rings. The van der Waals surface area contributed by atoms with Crippen molar-refractivity contribution in [2.75, 3.05) is 30.5 Å². The fourth-order valence-corrected chi connectivity index (χ4v) is 3.17. The Labute approximate surface area is 142 Å². The van der Waals surface area contributed by atoms with Gasteiger partial charge in [-0.25, -0.2) is 0 Å². The molecule has 0 spiro atoms. The zero-order valence-corrected chi connectivity index (χ0v) is 14.6. The van der Waals surface area contributed by atoms with Crippen LogP contribution in [0, 0.1) is 0 Å². The molecule has 0 atom stereocenters. The molecule has 1 aromatic carbocycles. The number of hydrogen-bond donors (Lipinski definition) is 2. The van der Waals surface area contributed by atoms with Crippen molar-refractivity contribution >= 4 is 36.1 Å². The van der Waals surface area contributed by atoms with Crippen LogP contribution < -0.4 is 0 Å². The molecule has 0 aliphatic rings. The van der Waals surface area contributed by atoms with Gasteiger partial charge in [-0.2, -0.15) is 0 Å². The maximum Gasteiger partial charge on any atom is 0.211 e. The first-order valence-corrected chi connectivity index (χ1v) is 10.5. The third kappa shape index (κ3) is 16.3. The van der Waals surface area contributed by atoms with Crippen molar-refractivity contribution in [3.8, 4) is 0 Å². The predicted octanol–water partition coefficient (Wildman–Crippen LogP) is 4.51. The molecule has 24 heavy (non-hydrogen) atoms. The molecule has 0 saturated heterocycles. The Kier molecular flexibility index (Phi) is 8.04. The SMILES string of the molecule is F[P-](F)(F)(F)(F)F.O=C(C[S+](CCO)CCO)c1cccc(Cl)c1. The van der Waals surface area contributed by atoms with Gasteiger partial charge in [-0.3, -0.25) is 4.79 Å². The molecule has 0 heterocycles. The van der Waals surface area contributed by atoms with Crippen LogP contribution in [0.4, 0.5) is 25.2 Å². The second-order valence-corrected chi connectivity index (χ2v) is 9.19. The van der Waals surface area contributed by atoms with Gasteiger partial charge in [-0.15, -0.1) is 0 Å². The molecule has 12 heteroatoms. The molecule has 142 valence electrons. The van der Waals surface area contributed by atoms with Gasteiger partial charge in [-0.05, 0) is 12.1 Å². The van der Waals surface area contributed by atoms with Crippen LogP contribution in [0.15, 0.2) is 24.3 Å². The molecule has 0 amide bonds. The summed E-state index contributed by atoms with van der Waals surface area (Å²) in [6.07, 6.45) is 0. The number of carbonyl (C=O) groups excluding carboxylic acids is 1. The average molecular weight is 421 g/mol. The molecule has 1 rings (SSSR count). The van der Waals surface area contributed by atoms with Crippen LogP contribution in [0.3, 0.4) is 0 Å². The van der Waals surface area contributed by atoms with Gasteiger partial charge in [0.15, 0.2) is 5.75 Å². The number of aliphatic hydroxyl groups is 2. The van der Waals surface area contributed by atoms with E-state index in [1.54, 1.807) is 24.3 Å². The van der Waals surface area contributed by atoms with Crippen LogP contribution >= 0.6 is 19.4 Å². The summed E-state index contributed by atoms with van der Waals surface area (Å²) in [5.74, 6) is 1.50. The normalized spacial score (nSPS) is 14.4. The first-order valence-electron chi connectivity index (χ1n) is 6.33. The number of hydrogen-bond acceptors (Lipinski definition) is 3. The number of ketones is 1. The summed E-state index contributed by atoms with van der Waals surface area (Å²) in [6.45, 7) is 0.0951. The zero-order chi connectivity index (χ0) is 19.1. The van der Waals surface area contributed by atoms with Crippen LogP contribution in [0.5, 0.6) is 0 Å². The van der Waals surface area contributed by atoms with Crippen molar-refractivity contribution in [2.45, 2.75) is 0 Å². The zero-order valence-electron chi connectivity index (χ0n) is 12.1. The predicted molar refractivity (Wildman–Crippen MR) is 85.5 cm³/mol. The van der Waals surface area contributed by atoms with E-state index in [1.165, 1.54) is 0 Å². The third-order valence-corrected chi connectivity index (χ3v) is 4.67. The summed E-state index contributed by atoms with van der Waals surface area (Å²) >= 11 is 5.82. The van der Waals surface area contributed by atoms with Crippen molar-refractivity contribution in [1.82, 2.24) is 0 Å². The molecule has 0 unspecified atom stereocenters. The van der Waals surface area contributed by atoms with Gasteiger partial charge < -0.3 is 10.2 Å². The number of Topliss-reactive ketones (excluding diaryl/α,β-unsaturated/α-hetero) is 1. The molecule has 1 aromatic rings. The number of rotatable bonds is 7. The average Bonchev–Trinajstić information content (AvgIpc) is 2.35. The van der Waals surface area contributed by atoms with Crippen LogP contribution in [0.2, 0.25) is 5.02 Å². The van der Waals surface area contributed by atoms with E-state index < -0.39 is 7.81 Å². The molecule has 0 bridgehead atoms. The summed E-state index contributed by atoms with van der Waals surface area (Å²) < 4.78 is 59.2. The summed E-state index contributed by atoms with van der Waals surface area (Å²) in [6, 6.07) is 6.84. The van der Waals surface area contributed by atoms with Gasteiger partial charge >= 0.3 is 33.0 Å². The summed E-state index contributed by atoms with van der Waals surface area (Å²) in [5.41, 5.74) is 0.589. The molecule has 0 saturated carbocycles. The van der Waals surface area contributed by atoms with Crippen LogP contribution in [0.25, 0.3) is 0 Å². The van der Waals surface area contributed by atoms with Gasteiger partial charge in [0.2, 0.25) is 5.78 Å². The van der Waals surface area contributed by atoms with Crippen LogP contribution in [-0.4, -0.2) is 46.5 Å². The Hall–Kier alpha value is -0.540. The maximum atomic E-state index is 11.9. The number of aliphatic hydroxyl groups excluding tert-OH is 2. The fraction of sp³-hybridized carbons (Fsp3) is 0.417. The largest absolute Gasteiger partial charge is 0.391 e. The van der Waals surface area contributed by atoms with Crippen LogP contribution in [0.1, 0.15) is 10.4 Å². The van der Waals surface area contributed by atoms with Crippen molar-refractivity contribution in [3.63, 3.8) is 0 Å². The molecule has 0 aliphatic heterocycles. The van der Waals surface area contributed by atoms with Crippen molar-refractivity contribution in [3.05, 3.63) is 34.9 Å². The topological polar surface area (TPSA) is 57.5 Å². The number of carbonyl (C=O) groups is 1. The smallest absolute Gasteiger partial charge is 0.211 e. The maximum absolute atomic E-state index is 11.9. The van der Waals surface area contributed by atoms with E-state index in [9.17, 15) is 30.0 Å². The van der Waals surface area contributed by atoms with E-state index in [-0.39, 0.29) is 29.9 Å². The minimum absolute atomic E-state index is 0.0118. The Morgan fingerprint density at radius 3 is 1.88 bits per heavy atom. The van der Waals surface area contributed by atoms with Gasteiger partial charge in [0, 0.05) is 21.5 Å². The van der Waals surface area contributed by atoms with E-state index in [0.29, 0.717) is 27.8 Å². The molecule has 2 N–H and O–H groups in total. The van der Waals surface area contributed by atoms with E-state index in [2.05, 4.69) is 0 Å². The second kappa shape index (κ2) is 8.23. The van der Waals surface area contributed by atoms with E-state index in [0.717, 1.165) is 0 Å². The summed E-state index contributed by atoms with van der Waals surface area (Å²) in [5, 5.41) is 18.3. The quantitative estimate of drug-likeness (QED) is 0.295. The number of halogens is 7. The van der Waals surface area contributed by atoms with Gasteiger partial charge in [0.25, 0.3) is 0 Å². The van der Waals surface area contributed by atoms with E-state index in [4.69, 9.17) is 21.8 Å². The van der Waals surface area contributed by atoms with Gasteiger partial charge in [-0.1, -0.05) is 23.7 Å². The standard InChI is InChI=1S/C12H16ClO3S.F6P/c13-11-3-1-2-10(8-11)12(16)9-17(6-4-14)7-5-15;1-7(2,3,4,5)6/h1-3,8,14-15H,4-7,9H2;/q+1;-1. The van der Waals surface area contributed by atoms with Crippen molar-refractivity contribution < 1.29 is 40.2 Å². The van der Waals surface area contributed by atoms with Gasteiger partial charge in [0.1, 0.15) is 11.5 Å². The Balaban J connectivity index is 0.000000640. The molecule has 0 radical (unpaired) electrons. The first-order chi connectivity index (χ1) is 10.6. The fourth-order valence-electron chi connectivity index (χ4n) is 1.44. The third-order valence-electron chi connectivity index (χ3n) is 2.24. The molecule has 0 aliphatic carbocycles. The van der Waals surface area contributed by atoms with Gasteiger partial charge in [0.05, 0.1) is 13.2 Å². The first kappa shape index (κ1) is 23.5. The molecule has 0 aromatic heterocycles. The minimum Gasteiger partial charge on any atom is -0.391 e. The Morgan fingerprint density at radius 2 is 1.50 bits per heavy atom. The Bertz CT molecular complexity index is 537. The van der Waals surface area contributed by atoms with E-state index in [1.807, 2.05) is 0 Å². The summed E-state index contributed by atoms with van der Waals surface area (Å²) in [4.78, 5) is 11.9. The number of benzene rings is 1. The van der Waals surface area contributed by atoms with E-state index >= 15 is 0 Å². The minimum atomic E-state index is -10.7. The Morgan fingerprint density at radius 1 is 1.04 bits per heavy atom. The van der Waals surface area contributed by atoms with Crippen molar-refractivity contribution in [2.24, 2.45) is 0 Å². The molecular weight excluding hydrogens is 405 g/mol. The molecule has 3 nitrogen and oxygen atoms in total. The summed E-state index contributed by atoms with van der Waals surface area (Å²) in [7, 11) is -10.9. The van der Waals surface area contributed by atoms with Crippen molar-refractivity contribution in [1.29, 1.82) is 0 Å². The van der Waals surface area contributed by atoms with Crippen LogP contribution in [-0.2, 0) is 10.9 Å². The second-order valence-electron chi connectivity index (χ2n) is 4.50.